The van der Waals surface area contributed by atoms with Crippen molar-refractivity contribution in [2.45, 2.75) is 64.1 Å². The van der Waals surface area contributed by atoms with Crippen molar-refractivity contribution < 1.29 is 19.1 Å². The molecule has 1 saturated carbocycles. The van der Waals surface area contributed by atoms with Crippen LogP contribution < -0.4 is 24.6 Å². The molecule has 1 saturated heterocycles. The number of anilines is 2. The first-order valence-corrected chi connectivity index (χ1v) is 16.7. The van der Waals surface area contributed by atoms with E-state index in [4.69, 9.17) is 26.1 Å². The SMILES string of the molecule is COc1cc2c(cc1OC(C)C)[C@H](c1ccc(Cl)cc1)N(c1ccc(N(C)CC3CCC(N4CCNC(=O)C4)CC3)cn1)C(=O)C2. The summed E-state index contributed by atoms with van der Waals surface area (Å²) in [6.45, 7) is 7.13. The second-order valence-corrected chi connectivity index (χ2v) is 13.4. The van der Waals surface area contributed by atoms with E-state index in [1.54, 1.807) is 12.0 Å². The van der Waals surface area contributed by atoms with Gasteiger partial charge in [0.2, 0.25) is 11.8 Å². The van der Waals surface area contributed by atoms with Crippen molar-refractivity contribution in [3.8, 4) is 11.5 Å². The number of methoxy groups -OCH3 is 1. The molecule has 9 nitrogen and oxygen atoms in total. The van der Waals surface area contributed by atoms with Crippen LogP contribution in [0.3, 0.4) is 0 Å². The highest BCUT2D eigenvalue weighted by Gasteiger charge is 2.37. The third-order valence-corrected chi connectivity index (χ3v) is 9.74. The largest absolute Gasteiger partial charge is 0.493 e. The molecule has 3 heterocycles. The summed E-state index contributed by atoms with van der Waals surface area (Å²) in [5.74, 6) is 2.55. The summed E-state index contributed by atoms with van der Waals surface area (Å²) in [5.41, 5.74) is 3.83. The van der Waals surface area contributed by atoms with Crippen LogP contribution in [0.15, 0.2) is 54.7 Å². The highest BCUT2D eigenvalue weighted by atomic mass is 35.5. The molecule has 1 aromatic heterocycles. The molecule has 244 valence electrons. The molecule has 6 rings (SSSR count). The molecule has 2 aromatic carbocycles. The van der Waals surface area contributed by atoms with Gasteiger partial charge in [0.25, 0.3) is 0 Å². The van der Waals surface area contributed by atoms with Crippen LogP contribution in [0, 0.1) is 5.92 Å². The maximum atomic E-state index is 13.9. The van der Waals surface area contributed by atoms with Crippen LogP contribution >= 0.6 is 11.6 Å². The molecule has 1 aliphatic carbocycles. The third-order valence-electron chi connectivity index (χ3n) is 9.49. The highest BCUT2D eigenvalue weighted by molar-refractivity contribution is 6.30. The van der Waals surface area contributed by atoms with E-state index in [1.165, 1.54) is 0 Å². The quantitative estimate of drug-likeness (QED) is 0.323. The van der Waals surface area contributed by atoms with Gasteiger partial charge in [0.05, 0.1) is 44.1 Å². The fraction of sp³-hybridized carbons (Fsp3) is 0.472. The zero-order chi connectivity index (χ0) is 32.4. The molecular formula is C36H44ClN5O4. The maximum Gasteiger partial charge on any atom is 0.234 e. The first-order chi connectivity index (χ1) is 22.2. The first kappa shape index (κ1) is 32.1. The van der Waals surface area contributed by atoms with Crippen LogP contribution in [0.25, 0.3) is 0 Å². The zero-order valence-corrected chi connectivity index (χ0v) is 27.9. The number of fused-ring (bicyclic) bond motifs is 1. The number of carbonyl (C=O) groups is 2. The van der Waals surface area contributed by atoms with Crippen LogP contribution in [-0.4, -0.2) is 74.2 Å². The number of amides is 2. The Balaban J connectivity index is 1.21. The Kier molecular flexibility index (Phi) is 9.70. The van der Waals surface area contributed by atoms with E-state index < -0.39 is 6.04 Å². The molecule has 0 radical (unpaired) electrons. The smallest absolute Gasteiger partial charge is 0.234 e. The van der Waals surface area contributed by atoms with Crippen molar-refractivity contribution in [3.05, 3.63) is 76.4 Å². The number of piperazine rings is 1. The Bertz CT molecular complexity index is 1540. The van der Waals surface area contributed by atoms with Gasteiger partial charge in [-0.1, -0.05) is 23.7 Å². The Morgan fingerprint density at radius 1 is 1.04 bits per heavy atom. The van der Waals surface area contributed by atoms with Crippen LogP contribution in [0.1, 0.15) is 62.3 Å². The van der Waals surface area contributed by atoms with E-state index in [0.717, 1.165) is 67.7 Å². The molecule has 2 amide bonds. The Morgan fingerprint density at radius 3 is 2.46 bits per heavy atom. The number of nitrogens with one attached hydrogen (secondary N) is 1. The molecule has 46 heavy (non-hydrogen) atoms. The average Bonchev–Trinajstić information content (AvgIpc) is 3.05. The first-order valence-electron chi connectivity index (χ1n) is 16.3. The number of halogens is 1. The molecular weight excluding hydrogens is 602 g/mol. The lowest BCUT2D eigenvalue weighted by Gasteiger charge is -2.39. The predicted molar refractivity (Wildman–Crippen MR) is 181 cm³/mol. The van der Waals surface area contributed by atoms with Crippen molar-refractivity contribution in [3.63, 3.8) is 0 Å². The van der Waals surface area contributed by atoms with Gasteiger partial charge in [-0.15, -0.1) is 0 Å². The highest BCUT2D eigenvalue weighted by Crippen LogP contribution is 2.43. The monoisotopic (exact) mass is 645 g/mol. The molecule has 0 unspecified atom stereocenters. The number of aromatic nitrogens is 1. The summed E-state index contributed by atoms with van der Waals surface area (Å²) in [4.78, 5) is 37.0. The maximum absolute atomic E-state index is 13.9. The fourth-order valence-corrected chi connectivity index (χ4v) is 7.32. The van der Waals surface area contributed by atoms with Crippen molar-refractivity contribution in [1.29, 1.82) is 0 Å². The predicted octanol–water partition coefficient (Wildman–Crippen LogP) is 5.64. The Morgan fingerprint density at radius 2 is 1.80 bits per heavy atom. The summed E-state index contributed by atoms with van der Waals surface area (Å²) in [7, 11) is 3.73. The molecule has 0 spiro atoms. The van der Waals surface area contributed by atoms with E-state index in [2.05, 4.69) is 28.2 Å². The summed E-state index contributed by atoms with van der Waals surface area (Å²) in [5, 5.41) is 3.56. The van der Waals surface area contributed by atoms with Gasteiger partial charge in [0, 0.05) is 37.7 Å². The molecule has 2 aliphatic heterocycles. The summed E-state index contributed by atoms with van der Waals surface area (Å²) < 4.78 is 11.8. The normalized spacial score (nSPS) is 22.0. The van der Waals surface area contributed by atoms with Gasteiger partial charge in [-0.2, -0.15) is 0 Å². The van der Waals surface area contributed by atoms with Crippen LogP contribution in [0.2, 0.25) is 5.02 Å². The standard InChI is InChI=1S/C36H44ClN5O4/c1-23(2)46-32-19-30-26(17-31(32)45-4)18-35(44)42(36(30)25-7-9-27(37)10-8-25)33-14-13-29(20-39-33)40(3)21-24-5-11-28(12-6-24)41-16-15-38-34(43)22-41/h7-10,13-14,17,19-20,23-24,28,36H,5-6,11-12,15-16,18,21-22H2,1-4H3,(H,38,43)/t24?,28?,36-/m0/s1. The van der Waals surface area contributed by atoms with Gasteiger partial charge in [0.1, 0.15) is 5.82 Å². The number of hydrogen-bond acceptors (Lipinski definition) is 7. The number of carbonyl (C=O) groups excluding carboxylic acids is 2. The molecule has 3 aromatic rings. The van der Waals surface area contributed by atoms with E-state index in [1.807, 2.05) is 62.5 Å². The Labute approximate surface area is 276 Å². The van der Waals surface area contributed by atoms with Crippen molar-refractivity contribution in [2.24, 2.45) is 5.92 Å². The van der Waals surface area contributed by atoms with Gasteiger partial charge in [-0.05, 0) is 98.5 Å². The van der Waals surface area contributed by atoms with E-state index in [0.29, 0.717) is 40.8 Å². The topological polar surface area (TPSA) is 87.2 Å². The molecule has 2 fully saturated rings. The van der Waals surface area contributed by atoms with Crippen molar-refractivity contribution in [2.75, 3.05) is 50.1 Å². The second kappa shape index (κ2) is 13.9. The lowest BCUT2D eigenvalue weighted by Crippen LogP contribution is -2.52. The number of ether oxygens (including phenoxy) is 2. The summed E-state index contributed by atoms with van der Waals surface area (Å²) >= 11 is 6.27. The molecule has 1 atom stereocenters. The average molecular weight is 646 g/mol. The zero-order valence-electron chi connectivity index (χ0n) is 27.2. The van der Waals surface area contributed by atoms with Gasteiger partial charge in [-0.3, -0.25) is 19.4 Å². The summed E-state index contributed by atoms with van der Waals surface area (Å²) in [6, 6.07) is 15.7. The minimum atomic E-state index is -0.411. The number of benzene rings is 2. The Hall–Kier alpha value is -3.82. The lowest BCUT2D eigenvalue weighted by atomic mass is 9.84. The van der Waals surface area contributed by atoms with Crippen LogP contribution in [-0.2, 0) is 16.0 Å². The molecule has 0 bridgehead atoms. The van der Waals surface area contributed by atoms with Crippen molar-refractivity contribution >= 4 is 34.9 Å². The summed E-state index contributed by atoms with van der Waals surface area (Å²) in [6.07, 6.45) is 6.61. The van der Waals surface area contributed by atoms with Crippen LogP contribution in [0.4, 0.5) is 11.5 Å². The van der Waals surface area contributed by atoms with Gasteiger partial charge in [0.15, 0.2) is 11.5 Å². The molecule has 3 aliphatic rings. The van der Waals surface area contributed by atoms with Gasteiger partial charge in [-0.25, -0.2) is 4.98 Å². The molecule has 10 heteroatoms. The lowest BCUT2D eigenvalue weighted by molar-refractivity contribution is -0.125. The minimum absolute atomic E-state index is 0.0383. The van der Waals surface area contributed by atoms with E-state index in [-0.39, 0.29) is 24.3 Å². The van der Waals surface area contributed by atoms with E-state index >= 15 is 0 Å². The third kappa shape index (κ3) is 6.95. The number of nitrogens with zero attached hydrogens (tertiary/aromatic N) is 4. The fourth-order valence-electron chi connectivity index (χ4n) is 7.20. The number of pyridine rings is 1. The second-order valence-electron chi connectivity index (χ2n) is 13.0. The van der Waals surface area contributed by atoms with Gasteiger partial charge < -0.3 is 19.7 Å². The minimum Gasteiger partial charge on any atom is -0.493 e. The number of hydrogen-bond donors (Lipinski definition) is 1. The van der Waals surface area contributed by atoms with E-state index in [9.17, 15) is 9.59 Å². The number of rotatable bonds is 9. The van der Waals surface area contributed by atoms with Crippen LogP contribution in [0.5, 0.6) is 11.5 Å². The van der Waals surface area contributed by atoms with Crippen molar-refractivity contribution in [1.82, 2.24) is 15.2 Å². The molecule has 1 N–H and O–H groups in total. The van der Waals surface area contributed by atoms with Gasteiger partial charge >= 0.3 is 0 Å².